The van der Waals surface area contributed by atoms with E-state index in [0.29, 0.717) is 5.56 Å². The lowest BCUT2D eigenvalue weighted by Gasteiger charge is -2.19. The topological polar surface area (TPSA) is 57.3 Å². The Hall–Kier alpha value is -3.64. The molecule has 1 aliphatic heterocycles. The normalized spacial score (nSPS) is 12.5. The fourth-order valence-corrected chi connectivity index (χ4v) is 5.14. The van der Waals surface area contributed by atoms with Crippen LogP contribution in [-0.4, -0.2) is 31.0 Å². The summed E-state index contributed by atoms with van der Waals surface area (Å²) in [5.74, 6) is -0.0881. The molecule has 2 N–H and O–H groups in total. The van der Waals surface area contributed by atoms with Gasteiger partial charge in [0.1, 0.15) is 0 Å². The summed E-state index contributed by atoms with van der Waals surface area (Å²) < 4.78 is 0. The second-order valence-corrected chi connectivity index (χ2v) is 9.45. The van der Waals surface area contributed by atoms with Crippen LogP contribution in [0.4, 0.5) is 16.5 Å². The van der Waals surface area contributed by atoms with E-state index in [0.717, 1.165) is 53.6 Å². The highest BCUT2D eigenvalue weighted by molar-refractivity contribution is 7.13. The van der Waals surface area contributed by atoms with Gasteiger partial charge in [0.05, 0.1) is 5.69 Å². The molecule has 1 amide bonds. The Kier molecular flexibility index (Phi) is 6.32. The van der Waals surface area contributed by atoms with Crippen molar-refractivity contribution in [3.63, 3.8) is 0 Å². The Labute approximate surface area is 204 Å². The smallest absolute Gasteiger partial charge is 0.256 e. The standard InChI is InChI=1S/C28H28N4OS/c1-19-7-9-20(10-8-19)24-5-3-4-6-25(24)27(33)30-22-11-12-26-21(17-22)13-15-32(26)16-14-23-18-34-28(29-2)31-23/h3-12,17-18H,13-16H2,1-2H3,(H,29,31)(H,30,33). The van der Waals surface area contributed by atoms with E-state index in [1.807, 2.05) is 37.4 Å². The van der Waals surface area contributed by atoms with Gasteiger partial charge >= 0.3 is 0 Å². The molecule has 0 unspecified atom stereocenters. The van der Waals surface area contributed by atoms with Crippen LogP contribution in [0.3, 0.4) is 0 Å². The lowest BCUT2D eigenvalue weighted by Crippen LogP contribution is -2.23. The third-order valence-electron chi connectivity index (χ3n) is 6.27. The van der Waals surface area contributed by atoms with E-state index < -0.39 is 0 Å². The molecular formula is C28H28N4OS. The van der Waals surface area contributed by atoms with Gasteiger partial charge in [-0.15, -0.1) is 11.3 Å². The minimum absolute atomic E-state index is 0.0881. The number of aryl methyl sites for hydroxylation is 1. The van der Waals surface area contributed by atoms with Crippen molar-refractivity contribution in [2.45, 2.75) is 19.8 Å². The number of rotatable bonds is 7. The SMILES string of the molecule is CNc1nc(CCN2CCc3cc(NC(=O)c4ccccc4-c4ccc(C)cc4)ccc32)cs1. The van der Waals surface area contributed by atoms with E-state index in [9.17, 15) is 4.79 Å². The second kappa shape index (κ2) is 9.69. The summed E-state index contributed by atoms with van der Waals surface area (Å²) in [7, 11) is 1.90. The third-order valence-corrected chi connectivity index (χ3v) is 7.18. The van der Waals surface area contributed by atoms with Gasteiger partial charge in [0.25, 0.3) is 5.91 Å². The molecule has 34 heavy (non-hydrogen) atoms. The predicted octanol–water partition coefficient (Wildman–Crippen LogP) is 6.02. The molecule has 0 radical (unpaired) electrons. The van der Waals surface area contributed by atoms with Crippen molar-refractivity contribution >= 4 is 33.8 Å². The van der Waals surface area contributed by atoms with Crippen LogP contribution in [0.15, 0.2) is 72.1 Å². The first-order valence-electron chi connectivity index (χ1n) is 11.6. The van der Waals surface area contributed by atoms with Crippen molar-refractivity contribution in [1.29, 1.82) is 0 Å². The van der Waals surface area contributed by atoms with Crippen molar-refractivity contribution in [1.82, 2.24) is 4.98 Å². The summed E-state index contributed by atoms with van der Waals surface area (Å²) >= 11 is 1.64. The minimum atomic E-state index is -0.0881. The summed E-state index contributed by atoms with van der Waals surface area (Å²) in [5, 5.41) is 9.30. The van der Waals surface area contributed by atoms with Gasteiger partial charge < -0.3 is 15.5 Å². The average molecular weight is 469 g/mol. The fraction of sp³-hybridized carbons (Fsp3) is 0.214. The van der Waals surface area contributed by atoms with E-state index in [-0.39, 0.29) is 5.91 Å². The zero-order chi connectivity index (χ0) is 23.5. The van der Waals surface area contributed by atoms with E-state index >= 15 is 0 Å². The van der Waals surface area contributed by atoms with Gasteiger partial charge in [0.15, 0.2) is 5.13 Å². The summed E-state index contributed by atoms with van der Waals surface area (Å²) in [6.45, 7) is 4.00. The molecule has 1 aliphatic rings. The lowest BCUT2D eigenvalue weighted by molar-refractivity contribution is 0.102. The van der Waals surface area contributed by atoms with Crippen LogP contribution in [0.1, 0.15) is 27.2 Å². The van der Waals surface area contributed by atoms with Crippen LogP contribution in [0, 0.1) is 6.92 Å². The van der Waals surface area contributed by atoms with Crippen LogP contribution < -0.4 is 15.5 Å². The van der Waals surface area contributed by atoms with Crippen molar-refractivity contribution in [2.24, 2.45) is 0 Å². The Balaban J connectivity index is 1.28. The van der Waals surface area contributed by atoms with Gasteiger partial charge in [-0.25, -0.2) is 4.98 Å². The lowest BCUT2D eigenvalue weighted by atomic mass is 9.98. The largest absolute Gasteiger partial charge is 0.371 e. The molecule has 5 rings (SSSR count). The molecule has 4 aromatic rings. The highest BCUT2D eigenvalue weighted by Crippen LogP contribution is 2.31. The zero-order valence-electron chi connectivity index (χ0n) is 19.5. The third kappa shape index (κ3) is 4.68. The number of carbonyl (C=O) groups is 1. The molecule has 6 heteroatoms. The summed E-state index contributed by atoms with van der Waals surface area (Å²) in [6, 6.07) is 22.3. The molecule has 2 heterocycles. The number of aromatic nitrogens is 1. The molecule has 0 bridgehead atoms. The van der Waals surface area contributed by atoms with Crippen LogP contribution in [0.5, 0.6) is 0 Å². The van der Waals surface area contributed by atoms with Gasteiger partial charge in [0, 0.05) is 48.9 Å². The van der Waals surface area contributed by atoms with Gasteiger partial charge in [0.2, 0.25) is 0 Å². The van der Waals surface area contributed by atoms with Crippen molar-refractivity contribution in [3.05, 3.63) is 94.5 Å². The van der Waals surface area contributed by atoms with E-state index in [1.54, 1.807) is 11.3 Å². The summed E-state index contributed by atoms with van der Waals surface area (Å²) in [6.07, 6.45) is 1.91. The van der Waals surface area contributed by atoms with Crippen molar-refractivity contribution < 1.29 is 4.79 Å². The van der Waals surface area contributed by atoms with E-state index in [2.05, 4.69) is 69.2 Å². The number of nitrogens with zero attached hydrogens (tertiary/aromatic N) is 2. The number of carbonyl (C=O) groups excluding carboxylic acids is 1. The van der Waals surface area contributed by atoms with Gasteiger partial charge in [-0.2, -0.15) is 0 Å². The first-order chi connectivity index (χ1) is 16.6. The Morgan fingerprint density at radius 1 is 1.09 bits per heavy atom. The molecule has 172 valence electrons. The van der Waals surface area contributed by atoms with E-state index in [1.165, 1.54) is 16.8 Å². The van der Waals surface area contributed by atoms with Crippen LogP contribution in [0.2, 0.25) is 0 Å². The molecule has 0 aliphatic carbocycles. The van der Waals surface area contributed by atoms with Crippen molar-refractivity contribution in [2.75, 3.05) is 35.7 Å². The first kappa shape index (κ1) is 22.2. The number of nitrogens with one attached hydrogen (secondary N) is 2. The molecule has 0 saturated heterocycles. The highest BCUT2D eigenvalue weighted by Gasteiger charge is 2.20. The van der Waals surface area contributed by atoms with E-state index in [4.69, 9.17) is 0 Å². The number of amides is 1. The molecule has 0 spiro atoms. The minimum Gasteiger partial charge on any atom is -0.371 e. The predicted molar refractivity (Wildman–Crippen MR) is 142 cm³/mol. The number of thiazole rings is 1. The number of benzene rings is 3. The summed E-state index contributed by atoms with van der Waals surface area (Å²) in [5.41, 5.74) is 8.35. The maximum Gasteiger partial charge on any atom is 0.256 e. The van der Waals surface area contributed by atoms with Gasteiger partial charge in [-0.1, -0.05) is 48.0 Å². The fourth-order valence-electron chi connectivity index (χ4n) is 4.43. The number of fused-ring (bicyclic) bond motifs is 1. The number of hydrogen-bond donors (Lipinski definition) is 2. The summed E-state index contributed by atoms with van der Waals surface area (Å²) in [4.78, 5) is 20.2. The van der Waals surface area contributed by atoms with Crippen LogP contribution >= 0.6 is 11.3 Å². The van der Waals surface area contributed by atoms with Gasteiger partial charge in [-0.3, -0.25) is 4.79 Å². The Bertz CT molecular complexity index is 1310. The molecule has 1 aromatic heterocycles. The maximum atomic E-state index is 13.2. The molecule has 3 aromatic carbocycles. The van der Waals surface area contributed by atoms with Crippen LogP contribution in [0.25, 0.3) is 11.1 Å². The maximum absolute atomic E-state index is 13.2. The molecule has 5 nitrogen and oxygen atoms in total. The first-order valence-corrected chi connectivity index (χ1v) is 12.5. The Morgan fingerprint density at radius 2 is 1.91 bits per heavy atom. The second-order valence-electron chi connectivity index (χ2n) is 8.59. The zero-order valence-corrected chi connectivity index (χ0v) is 20.3. The molecule has 0 saturated carbocycles. The average Bonchev–Trinajstić information content (AvgIpc) is 3.49. The Morgan fingerprint density at radius 3 is 2.71 bits per heavy atom. The molecule has 0 fully saturated rings. The monoisotopic (exact) mass is 468 g/mol. The van der Waals surface area contributed by atoms with Gasteiger partial charge in [-0.05, 0) is 54.3 Å². The van der Waals surface area contributed by atoms with Crippen molar-refractivity contribution in [3.8, 4) is 11.1 Å². The van der Waals surface area contributed by atoms with Crippen LogP contribution in [-0.2, 0) is 12.8 Å². The number of hydrogen-bond acceptors (Lipinski definition) is 5. The molecule has 0 atom stereocenters. The number of anilines is 3. The molecular weight excluding hydrogens is 440 g/mol. The highest BCUT2D eigenvalue weighted by atomic mass is 32.1. The quantitative estimate of drug-likeness (QED) is 0.348.